The molecule has 2 aromatic heterocycles. The number of nitrogens with zero attached hydrogens (tertiary/aromatic N) is 1. The number of H-pyrrole nitrogens is 1. The molecule has 0 aliphatic heterocycles. The van der Waals surface area contributed by atoms with Gasteiger partial charge in [0.15, 0.2) is 0 Å². The maximum absolute atomic E-state index is 12.6. The van der Waals surface area contributed by atoms with Crippen LogP contribution in [0.1, 0.15) is 29.1 Å². The molecule has 0 atom stereocenters. The van der Waals surface area contributed by atoms with Gasteiger partial charge in [-0.25, -0.2) is 8.42 Å². The molecule has 0 spiro atoms. The van der Waals surface area contributed by atoms with Gasteiger partial charge in [-0.2, -0.15) is 5.10 Å². The van der Waals surface area contributed by atoms with Gasteiger partial charge in [0.05, 0.1) is 17.1 Å². The van der Waals surface area contributed by atoms with Crippen molar-refractivity contribution >= 4 is 27.0 Å². The molecule has 0 bridgehead atoms. The predicted octanol–water partition coefficient (Wildman–Crippen LogP) is 2.14. The molecule has 6 nitrogen and oxygen atoms in total. The van der Waals surface area contributed by atoms with Gasteiger partial charge in [0.1, 0.15) is 4.90 Å². The molecule has 0 radical (unpaired) electrons. The number of nitrogens with one attached hydrogen (secondary N) is 3. The van der Waals surface area contributed by atoms with Crippen LogP contribution in [0.3, 0.4) is 0 Å². The second-order valence-corrected chi connectivity index (χ2v) is 7.93. The van der Waals surface area contributed by atoms with Crippen molar-refractivity contribution in [2.75, 3.05) is 4.72 Å². The van der Waals surface area contributed by atoms with E-state index in [-0.39, 0.29) is 0 Å². The molecule has 3 rings (SSSR count). The number of hydrogen-bond acceptors (Lipinski definition) is 5. The minimum atomic E-state index is -3.58. The van der Waals surface area contributed by atoms with Crippen LogP contribution in [0.5, 0.6) is 0 Å². The lowest BCUT2D eigenvalue weighted by Crippen LogP contribution is -2.19. The molecule has 8 heteroatoms. The van der Waals surface area contributed by atoms with Gasteiger partial charge in [-0.1, -0.05) is 0 Å². The molecule has 0 amide bonds. The van der Waals surface area contributed by atoms with Crippen molar-refractivity contribution in [2.24, 2.45) is 0 Å². The topological polar surface area (TPSA) is 86.9 Å². The van der Waals surface area contributed by atoms with E-state index < -0.39 is 10.0 Å². The number of hydrogen-bond donors (Lipinski definition) is 3. The summed E-state index contributed by atoms with van der Waals surface area (Å²) in [6, 6.07) is 2.20. The highest BCUT2D eigenvalue weighted by Crippen LogP contribution is 2.27. The van der Waals surface area contributed by atoms with E-state index in [0.717, 1.165) is 4.88 Å². The van der Waals surface area contributed by atoms with Crippen LogP contribution in [0, 0.1) is 13.8 Å². The Labute approximate surface area is 128 Å². The Morgan fingerprint density at radius 1 is 1.43 bits per heavy atom. The van der Waals surface area contributed by atoms with Crippen LogP contribution in [0.2, 0.25) is 0 Å². The SMILES string of the molecule is Cc1n[nH]c(C)c1NS(=O)(=O)c1ccsc1CNC1CC1. The molecule has 114 valence electrons. The average molecular weight is 326 g/mol. The van der Waals surface area contributed by atoms with Crippen LogP contribution in [-0.4, -0.2) is 24.7 Å². The van der Waals surface area contributed by atoms with Crippen molar-refractivity contribution in [3.63, 3.8) is 0 Å². The van der Waals surface area contributed by atoms with Gasteiger partial charge in [0.2, 0.25) is 0 Å². The fourth-order valence-electron chi connectivity index (χ4n) is 2.11. The Morgan fingerprint density at radius 3 is 2.81 bits per heavy atom. The van der Waals surface area contributed by atoms with Crippen molar-refractivity contribution in [3.8, 4) is 0 Å². The first-order valence-electron chi connectivity index (χ1n) is 6.81. The van der Waals surface area contributed by atoms with Crippen molar-refractivity contribution in [1.82, 2.24) is 15.5 Å². The number of aromatic amines is 1. The molecule has 1 saturated carbocycles. The molecule has 21 heavy (non-hydrogen) atoms. The maximum atomic E-state index is 12.6. The number of sulfonamides is 1. The highest BCUT2D eigenvalue weighted by molar-refractivity contribution is 7.93. The number of anilines is 1. The van der Waals surface area contributed by atoms with Crippen molar-refractivity contribution in [2.45, 2.75) is 44.2 Å². The Bertz CT molecular complexity index is 725. The smallest absolute Gasteiger partial charge is 0.263 e. The summed E-state index contributed by atoms with van der Waals surface area (Å²) in [5.74, 6) is 0. The van der Waals surface area contributed by atoms with E-state index in [9.17, 15) is 8.42 Å². The minimum absolute atomic E-state index is 0.348. The lowest BCUT2D eigenvalue weighted by molar-refractivity contribution is 0.598. The minimum Gasteiger partial charge on any atom is -0.309 e. The molecule has 0 unspecified atom stereocenters. The monoisotopic (exact) mass is 326 g/mol. The molecular weight excluding hydrogens is 308 g/mol. The van der Waals surface area contributed by atoms with E-state index in [4.69, 9.17) is 0 Å². The normalized spacial score (nSPS) is 15.3. The van der Waals surface area contributed by atoms with Gasteiger partial charge in [0.25, 0.3) is 10.0 Å². The quantitative estimate of drug-likeness (QED) is 0.759. The summed E-state index contributed by atoms with van der Waals surface area (Å²) in [4.78, 5) is 1.19. The average Bonchev–Trinajstić information content (AvgIpc) is 3.06. The van der Waals surface area contributed by atoms with Crippen molar-refractivity contribution < 1.29 is 8.42 Å². The summed E-state index contributed by atoms with van der Waals surface area (Å²) in [7, 11) is -3.58. The van der Waals surface area contributed by atoms with E-state index in [2.05, 4.69) is 20.2 Å². The molecule has 2 aromatic rings. The van der Waals surface area contributed by atoms with Crippen LogP contribution in [-0.2, 0) is 16.6 Å². The molecule has 2 heterocycles. The molecule has 3 N–H and O–H groups in total. The van der Waals surface area contributed by atoms with E-state index in [0.29, 0.717) is 34.6 Å². The third kappa shape index (κ3) is 3.12. The molecule has 0 saturated heterocycles. The Kier molecular flexibility index (Phi) is 3.76. The third-order valence-electron chi connectivity index (χ3n) is 3.49. The first-order chi connectivity index (χ1) is 9.97. The largest absolute Gasteiger partial charge is 0.309 e. The van der Waals surface area contributed by atoms with Gasteiger partial charge in [-0.05, 0) is 38.1 Å². The van der Waals surface area contributed by atoms with Crippen molar-refractivity contribution in [1.29, 1.82) is 0 Å². The summed E-state index contributed by atoms with van der Waals surface area (Å²) < 4.78 is 27.8. The molecule has 0 aromatic carbocycles. The van der Waals surface area contributed by atoms with Gasteiger partial charge in [-0.3, -0.25) is 9.82 Å². The molecular formula is C13H18N4O2S2. The fourth-order valence-corrected chi connectivity index (χ4v) is 4.69. The maximum Gasteiger partial charge on any atom is 0.263 e. The predicted molar refractivity (Wildman–Crippen MR) is 83.1 cm³/mol. The summed E-state index contributed by atoms with van der Waals surface area (Å²) in [6.45, 7) is 4.16. The van der Waals surface area contributed by atoms with E-state index in [1.807, 2.05) is 5.38 Å². The van der Waals surface area contributed by atoms with Gasteiger partial charge < -0.3 is 5.32 Å². The number of thiophene rings is 1. The van der Waals surface area contributed by atoms with Gasteiger partial charge in [0, 0.05) is 17.5 Å². The van der Waals surface area contributed by atoms with Gasteiger partial charge in [-0.15, -0.1) is 11.3 Å². The second-order valence-electron chi connectivity index (χ2n) is 5.28. The zero-order valence-electron chi connectivity index (χ0n) is 11.9. The molecule has 1 aliphatic rings. The molecule has 1 aliphatic carbocycles. The third-order valence-corrected chi connectivity index (χ3v) is 5.97. The summed E-state index contributed by atoms with van der Waals surface area (Å²) in [5.41, 5.74) is 1.88. The standard InChI is InChI=1S/C13H18N4O2S2/c1-8-13(9(2)16-15-8)17-21(18,19)12-5-6-20-11(12)7-14-10-3-4-10/h5-6,10,14,17H,3-4,7H2,1-2H3,(H,15,16). The van der Waals surface area contributed by atoms with Crippen LogP contribution >= 0.6 is 11.3 Å². The molecule has 1 fully saturated rings. The zero-order chi connectivity index (χ0) is 15.0. The summed E-state index contributed by atoms with van der Waals surface area (Å²) in [6.07, 6.45) is 2.36. The number of rotatable bonds is 6. The Hall–Kier alpha value is -1.38. The van der Waals surface area contributed by atoms with Crippen LogP contribution in [0.15, 0.2) is 16.3 Å². The highest BCUT2D eigenvalue weighted by atomic mass is 32.2. The fraction of sp³-hybridized carbons (Fsp3) is 0.462. The summed E-state index contributed by atoms with van der Waals surface area (Å²) >= 11 is 1.46. The highest BCUT2D eigenvalue weighted by Gasteiger charge is 2.25. The Morgan fingerprint density at radius 2 is 2.19 bits per heavy atom. The lowest BCUT2D eigenvalue weighted by atomic mass is 10.3. The van der Waals surface area contributed by atoms with Crippen LogP contribution in [0.25, 0.3) is 0 Å². The lowest BCUT2D eigenvalue weighted by Gasteiger charge is -2.09. The Balaban J connectivity index is 1.82. The van der Waals surface area contributed by atoms with Crippen LogP contribution < -0.4 is 10.0 Å². The first kappa shape index (κ1) is 14.6. The van der Waals surface area contributed by atoms with E-state index >= 15 is 0 Å². The summed E-state index contributed by atoms with van der Waals surface area (Å²) in [5, 5.41) is 12.0. The van der Waals surface area contributed by atoms with Crippen LogP contribution in [0.4, 0.5) is 5.69 Å². The zero-order valence-corrected chi connectivity index (χ0v) is 13.6. The van der Waals surface area contributed by atoms with E-state index in [1.165, 1.54) is 24.2 Å². The number of aryl methyl sites for hydroxylation is 2. The second kappa shape index (κ2) is 5.43. The van der Waals surface area contributed by atoms with Crippen molar-refractivity contribution in [3.05, 3.63) is 27.7 Å². The number of aromatic nitrogens is 2. The van der Waals surface area contributed by atoms with E-state index in [1.54, 1.807) is 19.9 Å². The first-order valence-corrected chi connectivity index (χ1v) is 9.18. The van der Waals surface area contributed by atoms with Gasteiger partial charge >= 0.3 is 0 Å².